The Bertz CT molecular complexity index is 3220. The topological polar surface area (TPSA) is 481 Å². The molecular formula is C74H121N13O22S4. The summed E-state index contributed by atoms with van der Waals surface area (Å²) in [5.74, 6) is -0.0159. The van der Waals surface area contributed by atoms with Gasteiger partial charge in [-0.25, -0.2) is 0 Å². The van der Waals surface area contributed by atoms with Gasteiger partial charge in [0.05, 0.1) is 177 Å². The second kappa shape index (κ2) is 47.3. The first-order valence-electron chi connectivity index (χ1n) is 35.9. The van der Waals surface area contributed by atoms with Crippen LogP contribution < -0.4 is 45.9 Å². The number of carboxylic acids is 1. The number of nitrogens with two attached hydrogens (primary N) is 1. The molecule has 7 N–H and O–H groups in total. The van der Waals surface area contributed by atoms with Crippen molar-refractivity contribution in [3.63, 3.8) is 0 Å². The van der Waals surface area contributed by atoms with E-state index in [9.17, 15) is 24.0 Å². The number of carboxylic acid groups (broad SMARTS) is 1. The molecule has 35 nitrogen and oxygen atoms in total. The summed E-state index contributed by atoms with van der Waals surface area (Å²) in [7, 11) is 25.7. The van der Waals surface area contributed by atoms with Gasteiger partial charge in [-0.1, -0.05) is 130 Å². The van der Waals surface area contributed by atoms with Crippen molar-refractivity contribution in [3.8, 4) is 23.0 Å². The first-order chi connectivity index (χ1) is 51.4. The van der Waals surface area contributed by atoms with Gasteiger partial charge in [-0.05, 0) is 92.4 Å². The van der Waals surface area contributed by atoms with Crippen LogP contribution in [0.5, 0.6) is 23.0 Å². The van der Waals surface area contributed by atoms with Crippen LogP contribution in [-0.2, 0) is 45.6 Å². The van der Waals surface area contributed by atoms with E-state index in [2.05, 4.69) is 243 Å². The first kappa shape index (κ1) is 104. The van der Waals surface area contributed by atoms with Gasteiger partial charge < -0.3 is 130 Å². The molecule has 0 aliphatic carbocycles. The van der Waals surface area contributed by atoms with Crippen molar-refractivity contribution in [2.45, 2.75) is 170 Å². The molecule has 4 aromatic carbocycles. The lowest BCUT2D eigenvalue weighted by atomic mass is 9.87. The van der Waals surface area contributed by atoms with E-state index >= 15 is 0 Å². The Morgan fingerprint density at radius 3 is 0.584 bits per heavy atom. The maximum atomic E-state index is 14.1. The van der Waals surface area contributed by atoms with Gasteiger partial charge in [-0.2, -0.15) is 0 Å². The minimum atomic E-state index is -1.75. The van der Waals surface area contributed by atoms with Gasteiger partial charge >= 0.3 is 5.97 Å². The second-order valence-electron chi connectivity index (χ2n) is 34.1. The summed E-state index contributed by atoms with van der Waals surface area (Å²) >= 11 is 5.89. The molecule has 39 heteroatoms. The number of carbonyl (C=O) groups excluding carboxylic acids is 4. The van der Waals surface area contributed by atoms with Crippen LogP contribution >= 0.6 is 47.0 Å². The maximum absolute atomic E-state index is 14.1. The van der Waals surface area contributed by atoms with Crippen molar-refractivity contribution in [3.05, 3.63) is 132 Å². The normalized spacial score (nSPS) is 12.2. The summed E-state index contributed by atoms with van der Waals surface area (Å²) in [6.07, 6.45) is 3.18. The number of quaternary nitrogens is 4. The molecule has 5 rings (SSSR count). The number of amides is 4. The molecule has 0 unspecified atom stereocenters. The third kappa shape index (κ3) is 47.7. The predicted octanol–water partition coefficient (Wildman–Crippen LogP) is 10.2. The van der Waals surface area contributed by atoms with Crippen LogP contribution in [0.25, 0.3) is 0 Å². The minimum absolute atomic E-state index is 0.249. The molecule has 0 saturated carbocycles. The lowest BCUT2D eigenvalue weighted by Crippen LogP contribution is -2.38. The molecule has 4 amide bonds. The van der Waals surface area contributed by atoms with E-state index in [-0.39, 0.29) is 78.3 Å². The van der Waals surface area contributed by atoms with Gasteiger partial charge in [0.15, 0.2) is 26.4 Å². The molecule has 0 fully saturated rings. The van der Waals surface area contributed by atoms with Gasteiger partial charge in [-0.15, -0.1) is 0 Å². The third-order valence-corrected chi connectivity index (χ3v) is 19.5. The van der Waals surface area contributed by atoms with E-state index in [0.717, 1.165) is 131 Å². The molecule has 0 aromatic heterocycles. The Morgan fingerprint density at radius 2 is 0.478 bits per heavy atom. The molecule has 8 bridgehead atoms. The molecule has 0 saturated heterocycles. The number of nitrogens with one attached hydrogen (secondary N) is 4. The average molecular weight is 1670 g/mol. The Morgan fingerprint density at radius 1 is 0.345 bits per heavy atom. The van der Waals surface area contributed by atoms with Crippen LogP contribution in [0.3, 0.4) is 0 Å². The summed E-state index contributed by atoms with van der Waals surface area (Å²) in [5, 5.41) is 79.1. The maximum Gasteiger partial charge on any atom is 0.317 e. The Balaban J connectivity index is 0.00000528. The summed E-state index contributed by atoms with van der Waals surface area (Å²) in [5.41, 5.74) is 7.10. The number of hydrogen-bond donors (Lipinski definition) is 6. The van der Waals surface area contributed by atoms with Crippen LogP contribution in [0, 0.1) is 61.3 Å². The molecule has 1 heterocycles. The van der Waals surface area contributed by atoms with Crippen LogP contribution in [0.4, 0.5) is 0 Å². The zero-order valence-electron chi connectivity index (χ0n) is 69.9. The van der Waals surface area contributed by atoms with E-state index < -0.39 is 26.3 Å². The van der Waals surface area contributed by atoms with Gasteiger partial charge in [-0.3, -0.25) is 24.0 Å². The van der Waals surface area contributed by atoms with E-state index in [4.69, 9.17) is 85.3 Å². The van der Waals surface area contributed by atoms with Crippen LogP contribution in [0.1, 0.15) is 131 Å². The second-order valence-corrected chi connectivity index (χ2v) is 38.5. The summed E-state index contributed by atoms with van der Waals surface area (Å²) in [6.45, 7) is 30.4. The number of ether oxygens (including phenoxy) is 4. The van der Waals surface area contributed by atoms with E-state index in [0.29, 0.717) is 49.2 Å². The number of aliphatic carboxylic acids is 1. The molecule has 4 aromatic rings. The predicted molar refractivity (Wildman–Crippen MR) is 439 cm³/mol. The number of fused-ring (bicyclic) bond motifs is 8. The molecule has 0 spiro atoms. The fourth-order valence-electron chi connectivity index (χ4n) is 9.57. The molecule has 638 valence electrons. The van der Waals surface area contributed by atoms with Crippen molar-refractivity contribution in [2.75, 3.05) is 170 Å². The average Bonchev–Trinajstić information content (AvgIpc) is 0.762. The van der Waals surface area contributed by atoms with E-state index in [1.54, 1.807) is 0 Å². The smallest absolute Gasteiger partial charge is 0.317 e. The van der Waals surface area contributed by atoms with Crippen molar-refractivity contribution in [1.82, 2.24) is 21.3 Å². The Hall–Kier alpha value is -8.57. The molecule has 1 aliphatic rings. The van der Waals surface area contributed by atoms with Crippen molar-refractivity contribution in [2.24, 2.45) is 5.73 Å². The molecular weight excluding hydrogens is 1550 g/mol. The van der Waals surface area contributed by atoms with Crippen molar-refractivity contribution >= 4 is 76.6 Å². The zero-order chi connectivity index (χ0) is 87.6. The molecule has 1 aliphatic heterocycles. The number of hydrogen-bond acceptors (Lipinski definition) is 26. The van der Waals surface area contributed by atoms with Gasteiger partial charge in [0, 0.05) is 51.9 Å². The Kier molecular flexibility index (Phi) is 43.7. The number of rotatable bonds is 29. The highest BCUT2D eigenvalue weighted by atomic mass is 32.2. The Labute approximate surface area is 680 Å². The zero-order valence-corrected chi connectivity index (χ0v) is 73.2. The summed E-state index contributed by atoms with van der Waals surface area (Å²) in [4.78, 5) is 104. The van der Waals surface area contributed by atoms with Crippen LogP contribution in [0.15, 0.2) is 87.7 Å². The highest BCUT2D eigenvalue weighted by molar-refractivity contribution is 8.01. The number of nitrogens with zero attached hydrogens (tertiary/aromatic N) is 8. The van der Waals surface area contributed by atoms with E-state index in [1.807, 2.05) is 0 Å². The lowest BCUT2D eigenvalue weighted by Gasteiger charge is -2.28. The highest BCUT2D eigenvalue weighted by Crippen LogP contribution is 2.56. The number of carbonyl (C=O) groups is 5. The SMILES string of the molecule is CC(C)(C)c1cc2c(OCC(=O)NCCC[N+](C)(C)C)c(c1)Sc1cc(C(C)(C)C)cc(c1OCC(=O)NCCC[N+](C)(C)C)Sc1cc(C(C)(C)C)cc(c1OCC(=O)NCCC[N+](C)(C)C)Sc1cc(C(C)(C)C)cc(c1OCC(=O)NCCC[N+](C)(C)C)S2.NCC(=O)O.O=[N+]([O-])[O-].O=[N+]([O-])[O-].O=[N+]([O-])[O-].O=[N+]([O-])[O-]. The fraction of sp³-hybridized carbons (Fsp3) is 0.608. The lowest BCUT2D eigenvalue weighted by molar-refractivity contribution is -0.870. The molecule has 113 heavy (non-hydrogen) atoms. The number of benzene rings is 4. The van der Waals surface area contributed by atoms with Crippen molar-refractivity contribution in [1.29, 1.82) is 0 Å². The quantitative estimate of drug-likeness (QED) is 0.0112. The highest BCUT2D eigenvalue weighted by Gasteiger charge is 2.32. The van der Waals surface area contributed by atoms with Gasteiger partial charge in [0.1, 0.15) is 23.0 Å². The first-order valence-corrected chi connectivity index (χ1v) is 39.1. The summed E-state index contributed by atoms with van der Waals surface area (Å²) < 4.78 is 31.0. The molecule has 0 atom stereocenters. The third-order valence-electron chi connectivity index (χ3n) is 15.3. The van der Waals surface area contributed by atoms with Crippen molar-refractivity contribution < 1.29 is 86.3 Å². The minimum Gasteiger partial charge on any atom is -0.481 e. The van der Waals surface area contributed by atoms with Crippen LogP contribution in [0.2, 0.25) is 0 Å². The fourth-order valence-corrected chi connectivity index (χ4v) is 14.4. The summed E-state index contributed by atoms with van der Waals surface area (Å²) in [6, 6.07) is 17.2. The molecule has 0 radical (unpaired) electrons. The van der Waals surface area contributed by atoms with Gasteiger partial charge in [0.25, 0.3) is 23.6 Å². The van der Waals surface area contributed by atoms with Gasteiger partial charge in [0.2, 0.25) is 0 Å². The van der Waals surface area contributed by atoms with E-state index in [1.165, 1.54) is 47.0 Å². The largest absolute Gasteiger partial charge is 0.481 e. The monoisotopic (exact) mass is 1670 g/mol. The standard InChI is InChI=1S/C72H112N8O8S4.C2H5NO2.4NO3/c1-69(2,3)49-37-53-65(85-45-61(81)73-29-25-33-77(13,14)15)54(38-49)90-56-40-51(71(7,8)9)42-58(67(56)87-47-63(83)75-31-27-35-79(19,20)21)92-60-44-52(72(10,11)12)43-59(68(60)88-48-64(84)76-32-28-36-80(22,23)24)91-57-41-50(70(4,5)6)39-55(89-53)66(57)86-46-62(82)74-30-26-34-78(16,17)18;3-1-2(4)5;4*2-1(3)4/h37-44H,25-36,45-48H2,1-24H3;1,3H2,(H,4,5);;;;/q;;4*-1/p+4. The van der Waals surface area contributed by atoms with Crippen LogP contribution in [-0.4, -0.2) is 243 Å².